The van der Waals surface area contributed by atoms with Crippen molar-refractivity contribution in [3.63, 3.8) is 0 Å². The first kappa shape index (κ1) is 19.3. The van der Waals surface area contributed by atoms with E-state index in [9.17, 15) is 0 Å². The molecule has 1 saturated heterocycles. The van der Waals surface area contributed by atoms with Crippen molar-refractivity contribution in [3.05, 3.63) is 60.6 Å². The smallest absolute Gasteiger partial charge is 0.247 e. The highest BCUT2D eigenvalue weighted by Gasteiger charge is 2.19. The largest absolute Gasteiger partial charge is 0.320 e. The second-order valence-electron chi connectivity index (χ2n) is 8.02. The molecule has 156 valence electrons. The molecule has 1 atom stereocenters. The van der Waals surface area contributed by atoms with Crippen molar-refractivity contribution in [2.24, 2.45) is 0 Å². The Morgan fingerprint density at radius 1 is 1.19 bits per heavy atom. The third-order valence-electron chi connectivity index (χ3n) is 5.90. The second kappa shape index (κ2) is 8.20. The monoisotopic (exact) mass is 412 g/mol. The summed E-state index contributed by atoms with van der Waals surface area (Å²) >= 11 is 0. The van der Waals surface area contributed by atoms with Crippen molar-refractivity contribution in [2.75, 3.05) is 18.9 Å². The highest BCUT2D eigenvalue weighted by molar-refractivity contribution is 5.78. The molecule has 4 heterocycles. The predicted octanol–water partition coefficient (Wildman–Crippen LogP) is 3.69. The highest BCUT2D eigenvalue weighted by atomic mass is 15.4. The quantitative estimate of drug-likeness (QED) is 0.538. The van der Waals surface area contributed by atoms with E-state index in [4.69, 9.17) is 10.2 Å². The van der Waals surface area contributed by atoms with Crippen LogP contribution >= 0.6 is 0 Å². The maximum absolute atomic E-state index is 9.03. The minimum absolute atomic E-state index is 0.524. The van der Waals surface area contributed by atoms with E-state index in [-0.39, 0.29) is 0 Å². The van der Waals surface area contributed by atoms with Crippen molar-refractivity contribution < 1.29 is 0 Å². The molecule has 0 saturated carbocycles. The number of likely N-dealkylation sites (N-methyl/N-ethyl adjacent to an activating group) is 1. The van der Waals surface area contributed by atoms with Crippen molar-refractivity contribution in [3.8, 4) is 17.2 Å². The van der Waals surface area contributed by atoms with Gasteiger partial charge in [0.15, 0.2) is 5.65 Å². The third-order valence-corrected chi connectivity index (χ3v) is 5.90. The summed E-state index contributed by atoms with van der Waals surface area (Å²) in [7, 11) is 2.19. The van der Waals surface area contributed by atoms with Crippen LogP contribution in [0.3, 0.4) is 0 Å². The molecule has 1 aliphatic rings. The summed E-state index contributed by atoms with van der Waals surface area (Å²) in [4.78, 5) is 7.12. The lowest BCUT2D eigenvalue weighted by Gasteiger charge is -2.32. The average Bonchev–Trinajstić information content (AvgIpc) is 3.41. The van der Waals surface area contributed by atoms with Crippen LogP contribution in [0.2, 0.25) is 0 Å². The number of nitriles is 1. The molecule has 1 aromatic carbocycles. The summed E-state index contributed by atoms with van der Waals surface area (Å²) in [5.74, 6) is 0.524. The molecule has 0 amide bonds. The van der Waals surface area contributed by atoms with Crippen molar-refractivity contribution in [1.29, 1.82) is 5.26 Å². The topological polar surface area (TPSA) is 87.1 Å². The highest BCUT2D eigenvalue weighted by Crippen LogP contribution is 2.25. The zero-order chi connectivity index (χ0) is 21.2. The molecule has 0 aliphatic carbocycles. The van der Waals surface area contributed by atoms with Gasteiger partial charge < -0.3 is 10.2 Å². The number of anilines is 2. The number of fused-ring (bicyclic) bond motifs is 1. The number of hydrogen-bond acceptors (Lipinski definition) is 6. The summed E-state index contributed by atoms with van der Waals surface area (Å²) in [5.41, 5.74) is 4.22. The first-order chi connectivity index (χ1) is 15.2. The number of piperidine rings is 1. The van der Waals surface area contributed by atoms with Gasteiger partial charge in [-0.1, -0.05) is 18.6 Å². The third kappa shape index (κ3) is 4.00. The molecule has 0 spiro atoms. The molecule has 31 heavy (non-hydrogen) atoms. The van der Waals surface area contributed by atoms with E-state index in [0.29, 0.717) is 17.6 Å². The van der Waals surface area contributed by atoms with E-state index < -0.39 is 0 Å². The first-order valence-electron chi connectivity index (χ1n) is 10.6. The van der Waals surface area contributed by atoms with Gasteiger partial charge in [0.25, 0.3) is 0 Å². The predicted molar refractivity (Wildman–Crippen MR) is 119 cm³/mol. The number of rotatable bonds is 5. The normalized spacial score (nSPS) is 17.0. The van der Waals surface area contributed by atoms with Gasteiger partial charge in [0.05, 0.1) is 30.1 Å². The van der Waals surface area contributed by atoms with Crippen LogP contribution < -0.4 is 5.32 Å². The number of pyridine rings is 1. The van der Waals surface area contributed by atoms with Crippen LogP contribution in [0.4, 0.5) is 11.6 Å². The molecule has 8 heteroatoms. The summed E-state index contributed by atoms with van der Waals surface area (Å²) in [6, 6.07) is 14.1. The molecule has 1 aliphatic heterocycles. The molecule has 4 aromatic rings. The average molecular weight is 413 g/mol. The lowest BCUT2D eigenvalue weighted by Crippen LogP contribution is -2.39. The standard InChI is InChI=1S/C23H24N8/c1-29-11-3-2-5-20(29)16-30-15-19(14-25-30)26-23-27-22-21(6-4-12-31(22)28-23)18-9-7-17(13-24)8-10-18/h4,6-10,12,14-15,20H,2-3,5,11,16H2,1H3,(H,26,28). The Balaban J connectivity index is 1.35. The zero-order valence-electron chi connectivity index (χ0n) is 17.4. The van der Waals surface area contributed by atoms with Gasteiger partial charge >= 0.3 is 0 Å². The fourth-order valence-corrected chi connectivity index (χ4v) is 4.16. The molecule has 3 aromatic heterocycles. The molecular formula is C23H24N8. The van der Waals surface area contributed by atoms with Crippen LogP contribution in [0, 0.1) is 11.3 Å². The molecule has 1 N–H and O–H groups in total. The summed E-state index contributed by atoms with van der Waals surface area (Å²) in [6.07, 6.45) is 9.48. The van der Waals surface area contributed by atoms with Crippen LogP contribution in [0.5, 0.6) is 0 Å². The van der Waals surface area contributed by atoms with Crippen molar-refractivity contribution >= 4 is 17.3 Å². The molecule has 1 fully saturated rings. The number of hydrogen-bond donors (Lipinski definition) is 1. The Hall–Kier alpha value is -3.70. The van der Waals surface area contributed by atoms with Gasteiger partial charge in [-0.2, -0.15) is 15.3 Å². The number of benzene rings is 1. The maximum Gasteiger partial charge on any atom is 0.247 e. The summed E-state index contributed by atoms with van der Waals surface area (Å²) < 4.78 is 3.75. The van der Waals surface area contributed by atoms with Crippen LogP contribution in [0.25, 0.3) is 16.8 Å². The van der Waals surface area contributed by atoms with Crippen LogP contribution in [-0.4, -0.2) is 48.9 Å². The molecule has 5 rings (SSSR count). The van der Waals surface area contributed by atoms with Gasteiger partial charge in [0, 0.05) is 24.0 Å². The van der Waals surface area contributed by atoms with Crippen LogP contribution in [0.1, 0.15) is 24.8 Å². The Kier molecular flexibility index (Phi) is 5.10. The SMILES string of the molecule is CN1CCCCC1Cn1cc(Nc2nc3c(-c4ccc(C#N)cc4)cccn3n2)cn1. The van der Waals surface area contributed by atoms with Gasteiger partial charge in [-0.25, -0.2) is 4.52 Å². The summed E-state index contributed by atoms with van der Waals surface area (Å²) in [5, 5.41) is 21.4. The lowest BCUT2D eigenvalue weighted by molar-refractivity contribution is 0.163. The van der Waals surface area contributed by atoms with E-state index in [0.717, 1.165) is 35.6 Å². The number of nitrogens with zero attached hydrogens (tertiary/aromatic N) is 7. The lowest BCUT2D eigenvalue weighted by atomic mass is 10.0. The molecule has 0 bridgehead atoms. The van der Waals surface area contributed by atoms with E-state index in [2.05, 4.69) is 33.5 Å². The van der Waals surface area contributed by atoms with Gasteiger partial charge in [0.2, 0.25) is 5.95 Å². The van der Waals surface area contributed by atoms with Gasteiger partial charge in [0.1, 0.15) is 0 Å². The van der Waals surface area contributed by atoms with Crippen LogP contribution in [-0.2, 0) is 6.54 Å². The molecular weight excluding hydrogens is 388 g/mol. The Labute approximate surface area is 180 Å². The van der Waals surface area contributed by atoms with Crippen molar-refractivity contribution in [2.45, 2.75) is 31.8 Å². The number of aromatic nitrogens is 5. The van der Waals surface area contributed by atoms with E-state index in [1.807, 2.05) is 59.7 Å². The number of likely N-dealkylation sites (tertiary alicyclic amines) is 1. The Bertz CT molecular complexity index is 1230. The minimum atomic E-state index is 0.524. The molecule has 8 nitrogen and oxygen atoms in total. The first-order valence-corrected chi connectivity index (χ1v) is 10.6. The van der Waals surface area contributed by atoms with E-state index >= 15 is 0 Å². The van der Waals surface area contributed by atoms with E-state index in [1.165, 1.54) is 19.3 Å². The van der Waals surface area contributed by atoms with Gasteiger partial charge in [-0.05, 0) is 56.3 Å². The Morgan fingerprint density at radius 3 is 2.87 bits per heavy atom. The maximum atomic E-state index is 9.03. The summed E-state index contributed by atoms with van der Waals surface area (Å²) in [6.45, 7) is 2.05. The number of nitrogens with one attached hydrogen (secondary N) is 1. The second-order valence-corrected chi connectivity index (χ2v) is 8.02. The fraction of sp³-hybridized carbons (Fsp3) is 0.304. The van der Waals surface area contributed by atoms with Crippen molar-refractivity contribution in [1.82, 2.24) is 29.3 Å². The Morgan fingerprint density at radius 2 is 2.06 bits per heavy atom. The van der Waals surface area contributed by atoms with Crippen LogP contribution in [0.15, 0.2) is 55.0 Å². The zero-order valence-corrected chi connectivity index (χ0v) is 17.4. The molecule has 1 unspecified atom stereocenters. The van der Waals surface area contributed by atoms with Gasteiger partial charge in [-0.15, -0.1) is 5.10 Å². The van der Waals surface area contributed by atoms with E-state index in [1.54, 1.807) is 4.52 Å². The minimum Gasteiger partial charge on any atom is -0.320 e. The van der Waals surface area contributed by atoms with Gasteiger partial charge in [-0.3, -0.25) is 4.68 Å². The molecule has 0 radical (unpaired) electrons. The fourth-order valence-electron chi connectivity index (χ4n) is 4.16.